The molecule has 106 valence electrons. The van der Waals surface area contributed by atoms with Gasteiger partial charge in [0.25, 0.3) is 0 Å². The summed E-state index contributed by atoms with van der Waals surface area (Å²) in [6.45, 7) is 0. The summed E-state index contributed by atoms with van der Waals surface area (Å²) in [5.41, 5.74) is 5.97. The predicted molar refractivity (Wildman–Crippen MR) is 71.5 cm³/mol. The van der Waals surface area contributed by atoms with E-state index in [2.05, 4.69) is 0 Å². The van der Waals surface area contributed by atoms with Gasteiger partial charge in [-0.05, 0) is 31.2 Å². The number of hydrogen-bond donors (Lipinski definition) is 4. The number of aliphatic carboxylic acids is 1. The summed E-state index contributed by atoms with van der Waals surface area (Å²) in [6.07, 6.45) is 2.43. The summed E-state index contributed by atoms with van der Waals surface area (Å²) in [4.78, 5) is 10.2. The molecule has 1 aromatic rings. The molecule has 1 saturated carbocycles. The maximum absolute atomic E-state index is 10.2. The predicted octanol–water partition coefficient (Wildman–Crippen LogP) is 1.05. The second-order valence-corrected chi connectivity index (χ2v) is 4.73. The lowest BCUT2D eigenvalue weighted by Crippen LogP contribution is -2.30. The van der Waals surface area contributed by atoms with E-state index in [-0.39, 0.29) is 12.1 Å². The number of carboxylic acid groups (broad SMARTS) is 1. The molecule has 5 N–H and O–H groups in total. The Morgan fingerprint density at radius 3 is 2.32 bits per heavy atom. The highest BCUT2D eigenvalue weighted by molar-refractivity contribution is 5.73. The molecule has 1 aromatic carbocycles. The zero-order valence-electron chi connectivity index (χ0n) is 10.8. The largest absolute Gasteiger partial charge is 0.479 e. The third kappa shape index (κ3) is 5.83. The first-order valence-corrected chi connectivity index (χ1v) is 6.40. The van der Waals surface area contributed by atoms with Crippen molar-refractivity contribution in [3.63, 3.8) is 0 Å². The summed E-state index contributed by atoms with van der Waals surface area (Å²) in [6, 6.07) is 8.53. The minimum Gasteiger partial charge on any atom is -0.479 e. The maximum atomic E-state index is 10.2. The van der Waals surface area contributed by atoms with E-state index < -0.39 is 12.1 Å². The molecule has 1 aliphatic carbocycles. The zero-order valence-corrected chi connectivity index (χ0v) is 10.8. The summed E-state index contributed by atoms with van der Waals surface area (Å²) in [7, 11) is 0. The van der Waals surface area contributed by atoms with Crippen LogP contribution >= 0.6 is 0 Å². The van der Waals surface area contributed by atoms with Gasteiger partial charge in [0.1, 0.15) is 0 Å². The number of aliphatic hydroxyl groups is 2. The van der Waals surface area contributed by atoms with Gasteiger partial charge in [-0.25, -0.2) is 4.79 Å². The first-order chi connectivity index (χ1) is 9.00. The molecule has 3 atom stereocenters. The molecule has 0 aromatic heterocycles. The van der Waals surface area contributed by atoms with Gasteiger partial charge in [-0.2, -0.15) is 0 Å². The van der Waals surface area contributed by atoms with Gasteiger partial charge >= 0.3 is 5.97 Å². The van der Waals surface area contributed by atoms with Crippen LogP contribution in [0.25, 0.3) is 0 Å². The molecule has 1 fully saturated rings. The monoisotopic (exact) mass is 267 g/mol. The third-order valence-corrected chi connectivity index (χ3v) is 3.04. The molecular formula is C14H21NO4. The fourth-order valence-electron chi connectivity index (χ4n) is 1.98. The van der Waals surface area contributed by atoms with Gasteiger partial charge in [0.05, 0.1) is 6.10 Å². The van der Waals surface area contributed by atoms with E-state index in [0.717, 1.165) is 25.7 Å². The van der Waals surface area contributed by atoms with Crippen LogP contribution in [0.2, 0.25) is 0 Å². The van der Waals surface area contributed by atoms with Gasteiger partial charge in [-0.3, -0.25) is 0 Å². The van der Waals surface area contributed by atoms with E-state index in [1.165, 1.54) is 0 Å². The van der Waals surface area contributed by atoms with Gasteiger partial charge < -0.3 is 21.1 Å². The zero-order chi connectivity index (χ0) is 14.3. The second kappa shape index (κ2) is 7.89. The average molecular weight is 267 g/mol. The molecule has 5 nitrogen and oxygen atoms in total. The van der Waals surface area contributed by atoms with E-state index in [4.69, 9.17) is 21.1 Å². The van der Waals surface area contributed by atoms with Crippen molar-refractivity contribution in [3.8, 4) is 0 Å². The molecule has 19 heavy (non-hydrogen) atoms. The van der Waals surface area contributed by atoms with Crippen molar-refractivity contribution in [3.05, 3.63) is 35.9 Å². The minimum atomic E-state index is -1.41. The molecule has 5 heteroatoms. The molecule has 0 radical (unpaired) electrons. The molecule has 0 unspecified atom stereocenters. The van der Waals surface area contributed by atoms with Gasteiger partial charge in [-0.15, -0.1) is 0 Å². The molecule has 0 amide bonds. The Labute approximate surface area is 112 Å². The average Bonchev–Trinajstić information content (AvgIpc) is 2.39. The molecule has 0 spiro atoms. The summed E-state index contributed by atoms with van der Waals surface area (Å²) >= 11 is 0. The molecule has 1 aliphatic rings. The fraction of sp³-hybridized carbons (Fsp3) is 0.500. The van der Waals surface area contributed by atoms with E-state index in [1.54, 1.807) is 30.3 Å². The van der Waals surface area contributed by atoms with Crippen LogP contribution in [0.5, 0.6) is 0 Å². The van der Waals surface area contributed by atoms with Crippen molar-refractivity contribution < 1.29 is 20.1 Å². The number of nitrogens with two attached hydrogens (primary N) is 1. The van der Waals surface area contributed by atoms with Crippen molar-refractivity contribution >= 4 is 5.97 Å². The van der Waals surface area contributed by atoms with Gasteiger partial charge in [0.2, 0.25) is 0 Å². The topological polar surface area (TPSA) is 104 Å². The first-order valence-electron chi connectivity index (χ1n) is 6.40. The van der Waals surface area contributed by atoms with Crippen LogP contribution in [0.4, 0.5) is 0 Å². The van der Waals surface area contributed by atoms with Crippen LogP contribution in [0.1, 0.15) is 37.4 Å². The van der Waals surface area contributed by atoms with Crippen LogP contribution in [-0.4, -0.2) is 33.4 Å². The second-order valence-electron chi connectivity index (χ2n) is 4.73. The van der Waals surface area contributed by atoms with E-state index in [1.807, 2.05) is 0 Å². The summed E-state index contributed by atoms with van der Waals surface area (Å²) < 4.78 is 0. The molecule has 0 aliphatic heterocycles. The molecular weight excluding hydrogens is 246 g/mol. The van der Waals surface area contributed by atoms with Crippen LogP contribution < -0.4 is 5.73 Å². The summed E-state index contributed by atoms with van der Waals surface area (Å²) in [5.74, 6) is -1.23. The quantitative estimate of drug-likeness (QED) is 0.641. The third-order valence-electron chi connectivity index (χ3n) is 3.04. The van der Waals surface area contributed by atoms with Crippen molar-refractivity contribution in [2.24, 2.45) is 5.73 Å². The van der Waals surface area contributed by atoms with Gasteiger partial charge in [0.15, 0.2) is 6.10 Å². The number of carbonyl (C=O) groups is 1. The minimum absolute atomic E-state index is 0.112. The van der Waals surface area contributed by atoms with Crippen LogP contribution in [-0.2, 0) is 4.79 Å². The van der Waals surface area contributed by atoms with E-state index in [0.29, 0.717) is 5.56 Å². The Hall–Kier alpha value is -1.43. The maximum Gasteiger partial charge on any atom is 0.337 e. The van der Waals surface area contributed by atoms with Crippen molar-refractivity contribution in [1.82, 2.24) is 0 Å². The highest BCUT2D eigenvalue weighted by Gasteiger charge is 2.15. The highest BCUT2D eigenvalue weighted by atomic mass is 16.4. The number of rotatable bonds is 2. The SMILES string of the molecule is N[C@@H]1CCC[C@@H](O)C1.O=C(O)[C@@H](O)c1ccccc1. The Morgan fingerprint density at radius 2 is 1.89 bits per heavy atom. The van der Waals surface area contributed by atoms with E-state index >= 15 is 0 Å². The van der Waals surface area contributed by atoms with E-state index in [9.17, 15) is 4.79 Å². The Kier molecular flexibility index (Phi) is 6.49. The Balaban J connectivity index is 0.000000200. The number of aliphatic hydroxyl groups excluding tert-OH is 2. The van der Waals surface area contributed by atoms with Crippen LogP contribution in [0.3, 0.4) is 0 Å². The van der Waals surface area contributed by atoms with Crippen LogP contribution in [0.15, 0.2) is 30.3 Å². The number of benzene rings is 1. The lowest BCUT2D eigenvalue weighted by atomic mass is 9.94. The Bertz CT molecular complexity index is 374. The fourth-order valence-corrected chi connectivity index (χ4v) is 1.98. The van der Waals surface area contributed by atoms with Crippen molar-refractivity contribution in [2.45, 2.75) is 43.9 Å². The number of carboxylic acids is 1. The molecule has 0 heterocycles. The molecule has 2 rings (SSSR count). The standard InChI is InChI=1S/C8H8O3.C6H13NO/c9-7(8(10)11)6-4-2-1-3-5-6;7-5-2-1-3-6(8)4-5/h1-5,7,9H,(H,10,11);5-6,8H,1-4,7H2/t7-;5-,6-/m01/s1. The molecule has 0 saturated heterocycles. The van der Waals surface area contributed by atoms with Gasteiger partial charge in [-0.1, -0.05) is 30.3 Å². The van der Waals surface area contributed by atoms with Crippen molar-refractivity contribution in [1.29, 1.82) is 0 Å². The van der Waals surface area contributed by atoms with Crippen molar-refractivity contribution in [2.75, 3.05) is 0 Å². The summed E-state index contributed by atoms with van der Waals surface area (Å²) in [5, 5.41) is 26.4. The normalized spacial score (nSPS) is 23.9. The Morgan fingerprint density at radius 1 is 1.26 bits per heavy atom. The van der Waals surface area contributed by atoms with Crippen LogP contribution in [0, 0.1) is 0 Å². The lowest BCUT2D eigenvalue weighted by Gasteiger charge is -2.21. The lowest BCUT2D eigenvalue weighted by molar-refractivity contribution is -0.146. The van der Waals surface area contributed by atoms with Gasteiger partial charge in [0, 0.05) is 6.04 Å². The number of hydrogen-bond acceptors (Lipinski definition) is 4. The first kappa shape index (κ1) is 15.6. The molecule has 0 bridgehead atoms. The highest BCUT2D eigenvalue weighted by Crippen LogP contribution is 2.15. The smallest absolute Gasteiger partial charge is 0.337 e.